The van der Waals surface area contributed by atoms with Crippen LogP contribution in [0.15, 0.2) is 27.3 Å². The number of hydrogen-bond donors (Lipinski definition) is 0. The van der Waals surface area contributed by atoms with E-state index in [0.717, 1.165) is 0 Å². The summed E-state index contributed by atoms with van der Waals surface area (Å²) in [5.41, 5.74) is 0. The molecule has 2 aromatic rings. The first-order valence-electron chi connectivity index (χ1n) is 4.34. The van der Waals surface area contributed by atoms with Crippen LogP contribution in [0, 0.1) is 0 Å². The van der Waals surface area contributed by atoms with Crippen LogP contribution in [-0.4, -0.2) is 22.3 Å². The number of carbonyl (C=O) groups excluding carboxylic acids is 1. The van der Waals surface area contributed by atoms with Gasteiger partial charge in [0.05, 0.1) is 12.7 Å². The van der Waals surface area contributed by atoms with E-state index in [4.69, 9.17) is 4.42 Å². The monoisotopic (exact) mass is 228 g/mol. The first-order valence-corrected chi connectivity index (χ1v) is 4.34. The van der Waals surface area contributed by atoms with Crippen molar-refractivity contribution in [3.8, 4) is 11.6 Å². The van der Waals surface area contributed by atoms with Gasteiger partial charge in [0.2, 0.25) is 17.5 Å². The van der Waals surface area contributed by atoms with Crippen molar-refractivity contribution in [2.45, 2.75) is 12.8 Å². The van der Waals surface area contributed by atoms with E-state index in [0.29, 0.717) is 5.76 Å². The summed E-state index contributed by atoms with van der Waals surface area (Å²) in [5, 5.41) is 3.49. The highest BCUT2D eigenvalue weighted by Crippen LogP contribution is 2.16. The van der Waals surface area contributed by atoms with E-state index >= 15 is 0 Å². The highest BCUT2D eigenvalue weighted by atomic mass is 19.3. The fourth-order valence-electron chi connectivity index (χ4n) is 1.06. The lowest BCUT2D eigenvalue weighted by molar-refractivity contribution is -0.129. The molecular weight excluding hydrogens is 222 g/mol. The van der Waals surface area contributed by atoms with E-state index in [9.17, 15) is 13.6 Å². The van der Waals surface area contributed by atoms with E-state index in [2.05, 4.69) is 14.7 Å². The minimum absolute atomic E-state index is 0.127. The number of furan rings is 1. The second kappa shape index (κ2) is 4.21. The highest BCUT2D eigenvalue weighted by molar-refractivity contribution is 5.82. The van der Waals surface area contributed by atoms with Gasteiger partial charge in [-0.25, -0.2) is 8.78 Å². The Morgan fingerprint density at radius 1 is 1.50 bits per heavy atom. The fraction of sp³-hybridized carbons (Fsp3) is 0.222. The summed E-state index contributed by atoms with van der Waals surface area (Å²) in [6.07, 6.45) is -2.19. The Morgan fingerprint density at radius 3 is 2.94 bits per heavy atom. The van der Waals surface area contributed by atoms with Gasteiger partial charge in [-0.3, -0.25) is 4.79 Å². The third-order valence-electron chi connectivity index (χ3n) is 1.78. The molecule has 0 spiro atoms. The Hall–Kier alpha value is -2.05. The minimum Gasteiger partial charge on any atom is -0.461 e. The number of ketones is 1. The summed E-state index contributed by atoms with van der Waals surface area (Å²) >= 11 is 0. The van der Waals surface area contributed by atoms with Crippen LogP contribution in [0.3, 0.4) is 0 Å². The largest absolute Gasteiger partial charge is 0.461 e. The van der Waals surface area contributed by atoms with Crippen LogP contribution in [-0.2, 0) is 11.2 Å². The van der Waals surface area contributed by atoms with Gasteiger partial charge in [0.25, 0.3) is 6.43 Å². The smallest absolute Gasteiger partial charge is 0.296 e. The molecule has 0 saturated carbocycles. The summed E-state index contributed by atoms with van der Waals surface area (Å²) in [5.74, 6) is -0.937. The molecule has 0 amide bonds. The first-order chi connectivity index (χ1) is 7.66. The number of rotatable bonds is 4. The lowest BCUT2D eigenvalue weighted by Gasteiger charge is -1.92. The molecule has 0 aliphatic heterocycles. The molecule has 16 heavy (non-hydrogen) atoms. The summed E-state index contributed by atoms with van der Waals surface area (Å²) in [7, 11) is 0. The summed E-state index contributed by atoms with van der Waals surface area (Å²) < 4.78 is 33.5. The van der Waals surface area contributed by atoms with Gasteiger partial charge >= 0.3 is 0 Å². The SMILES string of the molecule is O=C(Cc1nc(-c2ccco2)no1)C(F)F. The summed E-state index contributed by atoms with van der Waals surface area (Å²) in [6, 6.07) is 3.21. The zero-order valence-corrected chi connectivity index (χ0v) is 7.89. The molecule has 7 heteroatoms. The zero-order valence-electron chi connectivity index (χ0n) is 7.89. The van der Waals surface area contributed by atoms with Gasteiger partial charge in [-0.2, -0.15) is 4.98 Å². The van der Waals surface area contributed by atoms with Gasteiger partial charge in [-0.1, -0.05) is 5.16 Å². The number of carbonyl (C=O) groups is 1. The molecule has 0 fully saturated rings. The average molecular weight is 228 g/mol. The third kappa shape index (κ3) is 2.13. The Kier molecular flexibility index (Phi) is 2.76. The second-order valence-corrected chi connectivity index (χ2v) is 2.93. The Bertz CT molecular complexity index is 479. The van der Waals surface area contributed by atoms with Crippen molar-refractivity contribution >= 4 is 5.78 Å². The first kappa shape index (κ1) is 10.5. The lowest BCUT2D eigenvalue weighted by Crippen LogP contribution is -2.12. The number of nitrogens with zero attached hydrogens (tertiary/aromatic N) is 2. The predicted molar refractivity (Wildman–Crippen MR) is 46.7 cm³/mol. The van der Waals surface area contributed by atoms with Gasteiger partial charge in [0.15, 0.2) is 5.76 Å². The maximum Gasteiger partial charge on any atom is 0.296 e. The normalized spacial score (nSPS) is 10.9. The van der Waals surface area contributed by atoms with E-state index in [1.807, 2.05) is 0 Å². The number of aromatic nitrogens is 2. The molecule has 0 aliphatic rings. The Balaban J connectivity index is 2.11. The van der Waals surface area contributed by atoms with Gasteiger partial charge < -0.3 is 8.94 Å². The zero-order chi connectivity index (χ0) is 11.5. The van der Waals surface area contributed by atoms with Gasteiger partial charge in [0, 0.05) is 0 Å². The maximum absolute atomic E-state index is 11.9. The minimum atomic E-state index is -3.03. The Morgan fingerprint density at radius 2 is 2.31 bits per heavy atom. The molecule has 0 saturated heterocycles. The van der Waals surface area contributed by atoms with Crippen LogP contribution >= 0.6 is 0 Å². The molecule has 2 heterocycles. The van der Waals surface area contributed by atoms with Crippen molar-refractivity contribution < 1.29 is 22.5 Å². The molecule has 2 rings (SSSR count). The van der Waals surface area contributed by atoms with Crippen molar-refractivity contribution in [3.05, 3.63) is 24.3 Å². The quantitative estimate of drug-likeness (QED) is 0.796. The van der Waals surface area contributed by atoms with E-state index < -0.39 is 18.6 Å². The molecular formula is C9H6F2N2O3. The number of halogens is 2. The number of hydrogen-bond acceptors (Lipinski definition) is 5. The van der Waals surface area contributed by atoms with Crippen LogP contribution in [0.1, 0.15) is 5.89 Å². The van der Waals surface area contributed by atoms with Crippen LogP contribution in [0.4, 0.5) is 8.78 Å². The second-order valence-electron chi connectivity index (χ2n) is 2.93. The van der Waals surface area contributed by atoms with Crippen molar-refractivity contribution in [3.63, 3.8) is 0 Å². The molecule has 2 aromatic heterocycles. The topological polar surface area (TPSA) is 69.1 Å². The van der Waals surface area contributed by atoms with Crippen molar-refractivity contribution in [1.29, 1.82) is 0 Å². The molecule has 0 unspecified atom stereocenters. The van der Waals surface area contributed by atoms with Crippen LogP contribution in [0.25, 0.3) is 11.6 Å². The number of alkyl halides is 2. The van der Waals surface area contributed by atoms with Crippen LogP contribution in [0.2, 0.25) is 0 Å². The third-order valence-corrected chi connectivity index (χ3v) is 1.78. The van der Waals surface area contributed by atoms with Gasteiger partial charge in [-0.05, 0) is 12.1 Å². The van der Waals surface area contributed by atoms with E-state index in [1.54, 1.807) is 12.1 Å². The van der Waals surface area contributed by atoms with Crippen molar-refractivity contribution in [2.24, 2.45) is 0 Å². The predicted octanol–water partition coefficient (Wildman–Crippen LogP) is 1.71. The van der Waals surface area contributed by atoms with Gasteiger partial charge in [0.1, 0.15) is 0 Å². The standard InChI is InChI=1S/C9H6F2N2O3/c10-8(11)5(14)4-7-12-9(13-16-7)6-2-1-3-15-6/h1-3,8H,4H2. The van der Waals surface area contributed by atoms with E-state index in [1.165, 1.54) is 6.26 Å². The van der Waals surface area contributed by atoms with Crippen LogP contribution in [0.5, 0.6) is 0 Å². The number of Topliss-reactive ketones (excluding diaryl/α,β-unsaturated/α-hetero) is 1. The molecule has 0 radical (unpaired) electrons. The fourth-order valence-corrected chi connectivity index (χ4v) is 1.06. The Labute approximate surface area is 88.1 Å². The lowest BCUT2D eigenvalue weighted by atomic mass is 10.3. The molecule has 5 nitrogen and oxygen atoms in total. The molecule has 0 atom stereocenters. The summed E-state index contributed by atoms with van der Waals surface area (Å²) in [6.45, 7) is 0. The molecule has 0 N–H and O–H groups in total. The van der Waals surface area contributed by atoms with E-state index in [-0.39, 0.29) is 11.7 Å². The molecule has 0 aliphatic carbocycles. The van der Waals surface area contributed by atoms with Crippen LogP contribution < -0.4 is 0 Å². The summed E-state index contributed by atoms with van der Waals surface area (Å²) in [4.78, 5) is 14.5. The average Bonchev–Trinajstić information content (AvgIpc) is 2.85. The molecule has 84 valence electrons. The maximum atomic E-state index is 11.9. The van der Waals surface area contributed by atoms with Crippen molar-refractivity contribution in [1.82, 2.24) is 10.1 Å². The molecule has 0 aromatic carbocycles. The van der Waals surface area contributed by atoms with Crippen molar-refractivity contribution in [2.75, 3.05) is 0 Å². The van der Waals surface area contributed by atoms with Gasteiger partial charge in [-0.15, -0.1) is 0 Å². The highest BCUT2D eigenvalue weighted by Gasteiger charge is 2.20. The molecule has 0 bridgehead atoms.